The van der Waals surface area contributed by atoms with Gasteiger partial charge in [-0.25, -0.2) is 0 Å². The summed E-state index contributed by atoms with van der Waals surface area (Å²) in [5, 5.41) is 26.4. The van der Waals surface area contributed by atoms with Gasteiger partial charge in [-0.05, 0) is 23.4 Å². The number of phenols is 1. The van der Waals surface area contributed by atoms with Crippen LogP contribution in [0.2, 0.25) is 0 Å². The Balaban J connectivity index is 2.54. The van der Waals surface area contributed by atoms with Gasteiger partial charge in [0.25, 0.3) is 0 Å². The second-order valence-corrected chi connectivity index (χ2v) is 3.79. The third kappa shape index (κ3) is 1.87. The highest BCUT2D eigenvalue weighted by Gasteiger charge is 2.15. The van der Waals surface area contributed by atoms with Crippen molar-refractivity contribution in [3.05, 3.63) is 34.1 Å². The predicted molar refractivity (Wildman–Crippen MR) is 59.8 cm³/mol. The summed E-state index contributed by atoms with van der Waals surface area (Å²) >= 11 is 3.29. The summed E-state index contributed by atoms with van der Waals surface area (Å²) in [5.41, 5.74) is 0.686. The van der Waals surface area contributed by atoms with Crippen LogP contribution in [-0.4, -0.2) is 31.4 Å². The molecule has 0 aliphatic carbocycles. The monoisotopic (exact) mass is 282 g/mol. The van der Waals surface area contributed by atoms with E-state index in [0.29, 0.717) is 5.56 Å². The average Bonchev–Trinajstić information content (AvgIpc) is 2.78. The molecule has 0 saturated carbocycles. The smallest absolute Gasteiger partial charge is 0.225 e. The maximum absolute atomic E-state index is 9.69. The summed E-state index contributed by atoms with van der Waals surface area (Å²) in [4.78, 5) is 0. The van der Waals surface area contributed by atoms with Crippen molar-refractivity contribution >= 4 is 21.6 Å². The summed E-state index contributed by atoms with van der Waals surface area (Å²) < 4.78 is 0.782. The van der Waals surface area contributed by atoms with Crippen LogP contribution in [0.4, 0.5) is 0 Å². The minimum absolute atomic E-state index is 0.0391. The van der Waals surface area contributed by atoms with Crippen LogP contribution in [0.3, 0.4) is 0 Å². The summed E-state index contributed by atoms with van der Waals surface area (Å²) in [6, 6.07) is 4.88. The summed E-state index contributed by atoms with van der Waals surface area (Å²) in [6.07, 6.45) is 0. The number of tetrazole rings is 1. The third-order valence-electron chi connectivity index (χ3n) is 1.90. The van der Waals surface area contributed by atoms with Crippen LogP contribution in [0, 0.1) is 0 Å². The Morgan fingerprint density at radius 3 is 2.94 bits per heavy atom. The van der Waals surface area contributed by atoms with Crippen molar-refractivity contribution in [3.8, 4) is 5.75 Å². The Hall–Kier alpha value is -1.96. The van der Waals surface area contributed by atoms with E-state index in [9.17, 15) is 5.11 Å². The zero-order chi connectivity index (χ0) is 11.5. The molecule has 0 atom stereocenters. The van der Waals surface area contributed by atoms with Crippen LogP contribution in [0.5, 0.6) is 5.75 Å². The Labute approximate surface area is 98.5 Å². The van der Waals surface area contributed by atoms with Gasteiger partial charge in [0.05, 0.1) is 0 Å². The molecule has 0 bridgehead atoms. The minimum atomic E-state index is 0.0391. The lowest BCUT2D eigenvalue weighted by Crippen LogP contribution is -2.09. The molecule has 1 heterocycles. The van der Waals surface area contributed by atoms with Crippen molar-refractivity contribution in [2.75, 3.05) is 0 Å². The van der Waals surface area contributed by atoms with Gasteiger partial charge in [-0.2, -0.15) is 10.3 Å². The zero-order valence-electron chi connectivity index (χ0n) is 7.92. The Morgan fingerprint density at radius 1 is 1.50 bits per heavy atom. The molecule has 82 valence electrons. The van der Waals surface area contributed by atoms with Crippen molar-refractivity contribution in [3.63, 3.8) is 0 Å². The number of hydrogen-bond donors (Lipinski definition) is 3. The number of halogens is 1. The molecule has 0 amide bonds. The number of rotatable bonds is 2. The van der Waals surface area contributed by atoms with Crippen LogP contribution in [0.25, 0.3) is 0 Å². The van der Waals surface area contributed by atoms with Crippen molar-refractivity contribution in [2.45, 2.75) is 0 Å². The number of phenolic OH excluding ortho intramolecular Hbond substituents is 1. The molecule has 0 aliphatic rings. The third-order valence-corrected chi connectivity index (χ3v) is 2.39. The summed E-state index contributed by atoms with van der Waals surface area (Å²) in [7, 11) is 0. The summed E-state index contributed by atoms with van der Waals surface area (Å²) in [5.74, 6) is 5.51. The van der Waals surface area contributed by atoms with Crippen LogP contribution >= 0.6 is 15.9 Å². The maximum Gasteiger partial charge on any atom is 0.225 e. The predicted octanol–water partition coefficient (Wildman–Crippen LogP) is 0.379. The second kappa shape index (κ2) is 4.27. The van der Waals surface area contributed by atoms with Gasteiger partial charge in [0, 0.05) is 10.0 Å². The van der Waals surface area contributed by atoms with Crippen molar-refractivity contribution in [1.29, 1.82) is 0 Å². The zero-order valence-corrected chi connectivity index (χ0v) is 9.51. The first-order valence-electron chi connectivity index (χ1n) is 4.23. The number of aromatic amines is 1. The van der Waals surface area contributed by atoms with Crippen LogP contribution in [0.15, 0.2) is 27.8 Å². The minimum Gasteiger partial charge on any atom is -0.507 e. The van der Waals surface area contributed by atoms with Gasteiger partial charge >= 0.3 is 0 Å². The van der Waals surface area contributed by atoms with E-state index in [1.807, 2.05) is 0 Å². The number of nitrogens with two attached hydrogens (primary N) is 1. The van der Waals surface area contributed by atoms with Gasteiger partial charge in [-0.15, -0.1) is 10.2 Å². The van der Waals surface area contributed by atoms with Gasteiger partial charge in [-0.3, -0.25) is 0 Å². The average molecular weight is 283 g/mol. The molecule has 7 nitrogen and oxygen atoms in total. The molecule has 0 aliphatic heterocycles. The van der Waals surface area contributed by atoms with E-state index in [1.165, 1.54) is 6.07 Å². The fourth-order valence-electron chi connectivity index (χ4n) is 1.21. The van der Waals surface area contributed by atoms with Crippen molar-refractivity contribution in [2.24, 2.45) is 10.9 Å². The van der Waals surface area contributed by atoms with Gasteiger partial charge in [0.1, 0.15) is 11.5 Å². The molecule has 16 heavy (non-hydrogen) atoms. The number of nitrogens with one attached hydrogen (secondary N) is 1. The normalized spacial score (nSPS) is 11.7. The van der Waals surface area contributed by atoms with Crippen LogP contribution in [-0.2, 0) is 0 Å². The van der Waals surface area contributed by atoms with E-state index in [-0.39, 0.29) is 17.3 Å². The van der Waals surface area contributed by atoms with E-state index in [0.717, 1.165) is 4.47 Å². The molecule has 0 spiro atoms. The number of nitrogens with zero attached hydrogens (tertiary/aromatic N) is 4. The number of aromatic hydroxyl groups is 1. The molecule has 8 heteroatoms. The largest absolute Gasteiger partial charge is 0.507 e. The second-order valence-electron chi connectivity index (χ2n) is 2.87. The van der Waals surface area contributed by atoms with Crippen molar-refractivity contribution in [1.82, 2.24) is 20.6 Å². The lowest BCUT2D eigenvalue weighted by molar-refractivity contribution is 0.474. The Kier molecular flexibility index (Phi) is 2.82. The number of hydrogen-bond acceptors (Lipinski definition) is 6. The molecule has 2 rings (SSSR count). The number of benzene rings is 1. The van der Waals surface area contributed by atoms with E-state index in [1.54, 1.807) is 12.1 Å². The molecule has 0 radical (unpaired) electrons. The summed E-state index contributed by atoms with van der Waals surface area (Å²) in [6.45, 7) is 0. The molecule has 0 fully saturated rings. The molecule has 2 aromatic rings. The highest BCUT2D eigenvalue weighted by Crippen LogP contribution is 2.23. The van der Waals surface area contributed by atoms with Gasteiger partial charge in [0.15, 0.2) is 0 Å². The van der Waals surface area contributed by atoms with Crippen LogP contribution < -0.4 is 5.84 Å². The Morgan fingerprint density at radius 2 is 2.31 bits per heavy atom. The first-order chi connectivity index (χ1) is 7.72. The molecule has 0 saturated heterocycles. The first-order valence-corrected chi connectivity index (χ1v) is 5.02. The highest BCUT2D eigenvalue weighted by atomic mass is 79.9. The van der Waals surface area contributed by atoms with Gasteiger partial charge < -0.3 is 10.9 Å². The molecule has 1 aromatic carbocycles. The van der Waals surface area contributed by atoms with Crippen molar-refractivity contribution < 1.29 is 5.11 Å². The molecule has 0 unspecified atom stereocenters. The van der Waals surface area contributed by atoms with Gasteiger partial charge in [0.2, 0.25) is 5.82 Å². The van der Waals surface area contributed by atoms with E-state index >= 15 is 0 Å². The number of aromatic nitrogens is 4. The lowest BCUT2D eigenvalue weighted by Gasteiger charge is -2.04. The van der Waals surface area contributed by atoms with E-state index in [4.69, 9.17) is 5.84 Å². The topological polar surface area (TPSA) is 113 Å². The van der Waals surface area contributed by atoms with E-state index in [2.05, 4.69) is 41.7 Å². The first kappa shape index (κ1) is 10.6. The standard InChI is InChI=1S/C8H7BrN6O/c9-4-1-2-6(16)5(3-4)7(11-10)8-12-14-15-13-8/h1-3,16H,10H2,(H,12,13,14,15)/b11-7+. The number of hydrazone groups is 1. The Bertz CT molecular complexity index is 523. The molecule has 4 N–H and O–H groups in total. The molecular formula is C8H7BrN6O. The highest BCUT2D eigenvalue weighted by molar-refractivity contribution is 9.10. The van der Waals surface area contributed by atoms with Gasteiger partial charge in [-0.1, -0.05) is 15.9 Å². The molecular weight excluding hydrogens is 276 g/mol. The number of H-pyrrole nitrogens is 1. The maximum atomic E-state index is 9.69. The lowest BCUT2D eigenvalue weighted by atomic mass is 10.1. The molecule has 1 aromatic heterocycles. The van der Waals surface area contributed by atoms with Crippen LogP contribution in [0.1, 0.15) is 11.4 Å². The fraction of sp³-hybridized carbons (Fsp3) is 0. The van der Waals surface area contributed by atoms with E-state index < -0.39 is 0 Å². The quantitative estimate of drug-likeness (QED) is 0.419. The fourth-order valence-corrected chi connectivity index (χ4v) is 1.57. The SMILES string of the molecule is N/N=C(/c1nn[nH]n1)c1cc(Br)ccc1O.